The number of halogens is 5. The number of nitrogens with two attached hydrogens (primary N) is 1. The molecule has 0 unspecified atom stereocenters. The number of carboxylic acid groups (broad SMARTS) is 1. The van der Waals surface area contributed by atoms with Crippen LogP contribution in [-0.2, 0) is 11.2 Å². The second-order valence-electron chi connectivity index (χ2n) is 3.33. The largest absolute Gasteiger partial charge is 0.574 e. The van der Waals surface area contributed by atoms with Gasteiger partial charge in [0.05, 0.1) is 6.42 Å². The van der Waals surface area contributed by atoms with Crippen LogP contribution in [0.15, 0.2) is 6.07 Å². The lowest BCUT2D eigenvalue weighted by molar-refractivity contribution is -0.276. The van der Waals surface area contributed by atoms with Crippen LogP contribution in [0.2, 0.25) is 0 Å². The minimum atomic E-state index is -5.12. The van der Waals surface area contributed by atoms with Crippen molar-refractivity contribution in [2.24, 2.45) is 0 Å². The molecule has 0 spiro atoms. The third-order valence-corrected chi connectivity index (χ3v) is 1.95. The lowest BCUT2D eigenvalue weighted by Crippen LogP contribution is -2.19. The van der Waals surface area contributed by atoms with Crippen LogP contribution in [0.5, 0.6) is 5.88 Å². The molecular formula is C9H7F5N2O3. The Kier molecular flexibility index (Phi) is 4.12. The highest BCUT2D eigenvalue weighted by molar-refractivity contribution is 5.73. The quantitative estimate of drug-likeness (QED) is 0.828. The van der Waals surface area contributed by atoms with Crippen molar-refractivity contribution >= 4 is 11.8 Å². The highest BCUT2D eigenvalue weighted by Gasteiger charge is 2.33. The maximum absolute atomic E-state index is 12.7. The van der Waals surface area contributed by atoms with Gasteiger partial charge < -0.3 is 15.6 Å². The van der Waals surface area contributed by atoms with Gasteiger partial charge in [0.1, 0.15) is 5.82 Å². The van der Waals surface area contributed by atoms with E-state index < -0.39 is 48.0 Å². The molecule has 0 saturated heterocycles. The predicted molar refractivity (Wildman–Crippen MR) is 51.6 cm³/mol. The number of alkyl halides is 5. The molecule has 0 aromatic carbocycles. The van der Waals surface area contributed by atoms with Crippen LogP contribution in [0.4, 0.5) is 27.8 Å². The van der Waals surface area contributed by atoms with E-state index in [0.717, 1.165) is 0 Å². The van der Waals surface area contributed by atoms with Crippen LogP contribution in [0.25, 0.3) is 0 Å². The van der Waals surface area contributed by atoms with Gasteiger partial charge in [-0.05, 0) is 0 Å². The molecule has 10 heteroatoms. The van der Waals surface area contributed by atoms with Gasteiger partial charge in [-0.2, -0.15) is 4.98 Å². The molecule has 5 nitrogen and oxygen atoms in total. The first-order chi connectivity index (χ1) is 8.60. The van der Waals surface area contributed by atoms with E-state index in [1.54, 1.807) is 0 Å². The van der Waals surface area contributed by atoms with Gasteiger partial charge in [-0.1, -0.05) is 0 Å². The number of hydrogen-bond donors (Lipinski definition) is 2. The summed E-state index contributed by atoms with van der Waals surface area (Å²) in [4.78, 5) is 13.6. The lowest BCUT2D eigenvalue weighted by atomic mass is 10.1. The zero-order valence-electron chi connectivity index (χ0n) is 9.04. The van der Waals surface area contributed by atoms with Gasteiger partial charge in [-0.3, -0.25) is 4.79 Å². The van der Waals surface area contributed by atoms with E-state index in [2.05, 4.69) is 9.72 Å². The molecule has 1 heterocycles. The number of carboxylic acids is 1. The number of aromatic nitrogens is 1. The summed E-state index contributed by atoms with van der Waals surface area (Å²) in [6.45, 7) is 0. The first-order valence-electron chi connectivity index (χ1n) is 4.65. The van der Waals surface area contributed by atoms with Crippen molar-refractivity contribution in [3.63, 3.8) is 0 Å². The van der Waals surface area contributed by atoms with Gasteiger partial charge >= 0.3 is 12.3 Å². The molecule has 3 N–H and O–H groups in total. The minimum Gasteiger partial charge on any atom is -0.481 e. The summed E-state index contributed by atoms with van der Waals surface area (Å²) in [5.74, 6) is -3.39. The van der Waals surface area contributed by atoms with Gasteiger partial charge in [0.15, 0.2) is 0 Å². The average Bonchev–Trinajstić information content (AvgIpc) is 2.18. The SMILES string of the molecule is Nc1nc(OC(F)(F)F)cc(C(F)F)c1CC(=O)O. The first kappa shape index (κ1) is 14.9. The third-order valence-electron chi connectivity index (χ3n) is 1.95. The monoisotopic (exact) mass is 286 g/mol. The molecule has 106 valence electrons. The van der Waals surface area contributed by atoms with Crippen molar-refractivity contribution < 1.29 is 36.6 Å². The predicted octanol–water partition coefficient (Wildman–Crippen LogP) is 2.13. The molecule has 0 aliphatic heterocycles. The van der Waals surface area contributed by atoms with Crippen molar-refractivity contribution in [1.29, 1.82) is 0 Å². The molecule has 0 fully saturated rings. The Hall–Kier alpha value is -2.13. The fraction of sp³-hybridized carbons (Fsp3) is 0.333. The number of hydrogen-bond acceptors (Lipinski definition) is 4. The standard InChI is InChI=1S/C9H7F5N2O3/c10-7(11)3-1-5(19-9(12,13)14)16-8(15)4(3)2-6(17)18/h1,7H,2H2,(H2,15,16)(H,17,18). The second kappa shape index (κ2) is 5.24. The molecule has 0 amide bonds. The molecular weight excluding hydrogens is 279 g/mol. The van der Waals surface area contributed by atoms with E-state index in [-0.39, 0.29) is 0 Å². The Bertz CT molecular complexity index is 489. The van der Waals surface area contributed by atoms with Crippen molar-refractivity contribution in [2.45, 2.75) is 19.2 Å². The summed E-state index contributed by atoms with van der Waals surface area (Å²) < 4.78 is 64.5. The summed E-state index contributed by atoms with van der Waals surface area (Å²) >= 11 is 0. The number of anilines is 1. The number of rotatable bonds is 4. The zero-order valence-corrected chi connectivity index (χ0v) is 9.04. The van der Waals surface area contributed by atoms with E-state index in [4.69, 9.17) is 10.8 Å². The maximum atomic E-state index is 12.7. The van der Waals surface area contributed by atoms with E-state index >= 15 is 0 Å². The summed E-state index contributed by atoms with van der Waals surface area (Å²) in [6, 6.07) is 0.312. The number of ether oxygens (including phenoxy) is 1. The number of pyridine rings is 1. The Morgan fingerprint density at radius 1 is 1.47 bits per heavy atom. The van der Waals surface area contributed by atoms with Crippen molar-refractivity contribution in [3.05, 3.63) is 17.2 Å². The fourth-order valence-electron chi connectivity index (χ4n) is 1.30. The van der Waals surface area contributed by atoms with E-state index in [1.807, 2.05) is 0 Å². The molecule has 0 aliphatic rings. The topological polar surface area (TPSA) is 85.4 Å². The van der Waals surface area contributed by atoms with Crippen LogP contribution in [0, 0.1) is 0 Å². The Balaban J connectivity index is 3.25. The number of aliphatic carboxylic acids is 1. The Morgan fingerprint density at radius 2 is 2.05 bits per heavy atom. The highest BCUT2D eigenvalue weighted by Crippen LogP contribution is 2.31. The first-order valence-corrected chi connectivity index (χ1v) is 4.65. The maximum Gasteiger partial charge on any atom is 0.574 e. The molecule has 0 saturated carbocycles. The summed E-state index contributed by atoms with van der Waals surface area (Å²) in [5.41, 5.74) is 3.66. The van der Waals surface area contributed by atoms with Crippen LogP contribution in [-0.4, -0.2) is 22.4 Å². The lowest BCUT2D eigenvalue weighted by Gasteiger charge is -2.13. The summed E-state index contributed by atoms with van der Waals surface area (Å²) in [6.07, 6.45) is -9.21. The van der Waals surface area contributed by atoms with Gasteiger partial charge in [0.2, 0.25) is 5.88 Å². The van der Waals surface area contributed by atoms with Gasteiger partial charge in [-0.15, -0.1) is 13.2 Å². The molecule has 19 heavy (non-hydrogen) atoms. The molecule has 1 rings (SSSR count). The summed E-state index contributed by atoms with van der Waals surface area (Å²) in [7, 11) is 0. The van der Waals surface area contributed by atoms with Crippen molar-refractivity contribution in [1.82, 2.24) is 4.98 Å². The van der Waals surface area contributed by atoms with Crippen molar-refractivity contribution in [2.75, 3.05) is 5.73 Å². The molecule has 0 atom stereocenters. The Morgan fingerprint density at radius 3 is 2.47 bits per heavy atom. The van der Waals surface area contributed by atoms with E-state index in [9.17, 15) is 26.7 Å². The third kappa shape index (κ3) is 4.23. The van der Waals surface area contributed by atoms with Crippen LogP contribution < -0.4 is 10.5 Å². The molecule has 0 aliphatic carbocycles. The fourth-order valence-corrected chi connectivity index (χ4v) is 1.30. The number of nitrogen functional groups attached to an aromatic ring is 1. The van der Waals surface area contributed by atoms with Gasteiger partial charge in [0.25, 0.3) is 6.43 Å². The van der Waals surface area contributed by atoms with Crippen LogP contribution in [0.1, 0.15) is 17.6 Å². The zero-order chi connectivity index (χ0) is 14.8. The second-order valence-corrected chi connectivity index (χ2v) is 3.33. The highest BCUT2D eigenvalue weighted by atomic mass is 19.4. The summed E-state index contributed by atoms with van der Waals surface area (Å²) in [5, 5.41) is 8.51. The van der Waals surface area contributed by atoms with E-state index in [0.29, 0.717) is 6.07 Å². The van der Waals surface area contributed by atoms with Crippen LogP contribution >= 0.6 is 0 Å². The Labute approximate surface area is 102 Å². The van der Waals surface area contributed by atoms with Gasteiger partial charge in [0, 0.05) is 17.2 Å². The molecule has 1 aromatic heterocycles. The number of nitrogens with zero attached hydrogens (tertiary/aromatic N) is 1. The van der Waals surface area contributed by atoms with Crippen LogP contribution in [0.3, 0.4) is 0 Å². The minimum absolute atomic E-state index is 0.312. The molecule has 0 radical (unpaired) electrons. The molecule has 0 bridgehead atoms. The normalized spacial score (nSPS) is 11.7. The average molecular weight is 286 g/mol. The van der Waals surface area contributed by atoms with E-state index in [1.165, 1.54) is 0 Å². The number of carbonyl (C=O) groups is 1. The smallest absolute Gasteiger partial charge is 0.481 e. The molecule has 1 aromatic rings. The van der Waals surface area contributed by atoms with Gasteiger partial charge in [-0.25, -0.2) is 8.78 Å². The van der Waals surface area contributed by atoms with Crippen molar-refractivity contribution in [3.8, 4) is 5.88 Å².